The van der Waals surface area contributed by atoms with E-state index in [0.717, 1.165) is 36.5 Å². The van der Waals surface area contributed by atoms with Crippen molar-refractivity contribution in [2.24, 2.45) is 5.92 Å². The number of rotatable bonds is 3. The molecule has 1 aromatic rings. The van der Waals surface area contributed by atoms with Gasteiger partial charge in [-0.25, -0.2) is 4.79 Å². The standard InChI is InChI=1S/C21H25NO5/c1-4-26-20(23)22-10-9-21-13-6-8-16(25-3)19(21)27-18-15(24-2)7-5-12(17(18)21)11-14(13)22/h5,7-8,13-14,19H,4,6,9-11H2,1-3H3. The normalized spacial score (nSPS) is 32.2. The molecule has 1 aromatic carbocycles. The minimum atomic E-state index is -0.202. The van der Waals surface area contributed by atoms with Crippen LogP contribution in [0.4, 0.5) is 4.79 Å². The Morgan fingerprint density at radius 1 is 1.33 bits per heavy atom. The zero-order chi connectivity index (χ0) is 18.8. The number of piperidine rings is 1. The molecule has 2 aliphatic heterocycles. The van der Waals surface area contributed by atoms with Crippen molar-refractivity contribution in [3.63, 3.8) is 0 Å². The lowest BCUT2D eigenvalue weighted by molar-refractivity contribution is -0.0332. The van der Waals surface area contributed by atoms with Gasteiger partial charge in [-0.1, -0.05) is 6.07 Å². The summed E-state index contributed by atoms with van der Waals surface area (Å²) in [5.74, 6) is 2.82. The van der Waals surface area contributed by atoms with Crippen molar-refractivity contribution >= 4 is 6.09 Å². The first-order valence-electron chi connectivity index (χ1n) is 9.70. The molecule has 144 valence electrons. The zero-order valence-corrected chi connectivity index (χ0v) is 16.0. The summed E-state index contributed by atoms with van der Waals surface area (Å²) in [7, 11) is 3.39. The third-order valence-electron chi connectivity index (χ3n) is 6.89. The summed E-state index contributed by atoms with van der Waals surface area (Å²) in [6.45, 7) is 2.93. The molecule has 5 rings (SSSR count). The van der Waals surface area contributed by atoms with Crippen molar-refractivity contribution in [2.45, 2.75) is 43.7 Å². The van der Waals surface area contributed by atoms with Gasteiger partial charge < -0.3 is 23.8 Å². The maximum absolute atomic E-state index is 12.6. The first-order chi connectivity index (χ1) is 13.2. The molecule has 0 radical (unpaired) electrons. The Labute approximate surface area is 159 Å². The summed E-state index contributed by atoms with van der Waals surface area (Å²) in [6.07, 6.45) is 4.32. The van der Waals surface area contributed by atoms with E-state index in [-0.39, 0.29) is 23.7 Å². The van der Waals surface area contributed by atoms with Crippen LogP contribution in [0, 0.1) is 5.92 Å². The molecule has 6 nitrogen and oxygen atoms in total. The molecule has 4 unspecified atom stereocenters. The average Bonchev–Trinajstić information content (AvgIpc) is 3.02. The molecule has 0 saturated carbocycles. The van der Waals surface area contributed by atoms with Gasteiger partial charge >= 0.3 is 6.09 Å². The van der Waals surface area contributed by atoms with Crippen LogP contribution >= 0.6 is 0 Å². The molecule has 2 aliphatic carbocycles. The van der Waals surface area contributed by atoms with Crippen LogP contribution in [0.2, 0.25) is 0 Å². The van der Waals surface area contributed by atoms with Gasteiger partial charge in [-0.15, -0.1) is 0 Å². The Hall–Kier alpha value is -2.37. The summed E-state index contributed by atoms with van der Waals surface area (Å²) >= 11 is 0. The van der Waals surface area contributed by atoms with E-state index in [4.69, 9.17) is 18.9 Å². The fourth-order valence-corrected chi connectivity index (χ4v) is 5.90. The van der Waals surface area contributed by atoms with E-state index < -0.39 is 0 Å². The van der Waals surface area contributed by atoms with Crippen LogP contribution in [0.25, 0.3) is 0 Å². The number of ether oxygens (including phenoxy) is 4. The fourth-order valence-electron chi connectivity index (χ4n) is 5.90. The third kappa shape index (κ3) is 1.98. The number of hydrogen-bond acceptors (Lipinski definition) is 5. The van der Waals surface area contributed by atoms with E-state index >= 15 is 0 Å². The molecule has 27 heavy (non-hydrogen) atoms. The monoisotopic (exact) mass is 371 g/mol. The minimum Gasteiger partial charge on any atom is -0.497 e. The van der Waals surface area contributed by atoms with E-state index in [2.05, 4.69) is 12.1 Å². The van der Waals surface area contributed by atoms with Crippen molar-refractivity contribution in [3.8, 4) is 11.5 Å². The molecule has 2 heterocycles. The number of hydrogen-bond donors (Lipinski definition) is 0. The second-order valence-electron chi connectivity index (χ2n) is 7.74. The lowest BCUT2D eigenvalue weighted by Gasteiger charge is -2.56. The lowest BCUT2D eigenvalue weighted by atomic mass is 9.53. The Morgan fingerprint density at radius 2 is 2.19 bits per heavy atom. The van der Waals surface area contributed by atoms with Gasteiger partial charge in [0.2, 0.25) is 0 Å². The van der Waals surface area contributed by atoms with Crippen LogP contribution in [-0.4, -0.2) is 50.5 Å². The van der Waals surface area contributed by atoms with Crippen LogP contribution in [0.5, 0.6) is 11.5 Å². The average molecular weight is 371 g/mol. The van der Waals surface area contributed by atoms with Crippen molar-refractivity contribution in [3.05, 3.63) is 35.1 Å². The highest BCUT2D eigenvalue weighted by Crippen LogP contribution is 2.63. The van der Waals surface area contributed by atoms with Crippen LogP contribution in [0.3, 0.4) is 0 Å². The van der Waals surface area contributed by atoms with E-state index in [0.29, 0.717) is 19.1 Å². The molecule has 2 bridgehead atoms. The second kappa shape index (κ2) is 5.81. The van der Waals surface area contributed by atoms with E-state index in [9.17, 15) is 4.79 Å². The van der Waals surface area contributed by atoms with Gasteiger partial charge in [0.1, 0.15) is 5.76 Å². The molecule has 4 aliphatic rings. The molecular formula is C21H25NO5. The van der Waals surface area contributed by atoms with E-state index in [1.807, 2.05) is 17.9 Å². The van der Waals surface area contributed by atoms with Gasteiger partial charge in [0.15, 0.2) is 17.6 Å². The quantitative estimate of drug-likeness (QED) is 0.817. The lowest BCUT2D eigenvalue weighted by Crippen LogP contribution is -2.65. The smallest absolute Gasteiger partial charge is 0.410 e. The molecule has 1 saturated heterocycles. The van der Waals surface area contributed by atoms with Crippen LogP contribution < -0.4 is 9.47 Å². The number of carbonyl (C=O) groups is 1. The number of methoxy groups -OCH3 is 2. The highest BCUT2D eigenvalue weighted by molar-refractivity contribution is 5.70. The topological polar surface area (TPSA) is 57.2 Å². The molecular weight excluding hydrogens is 346 g/mol. The Kier molecular flexibility index (Phi) is 3.61. The van der Waals surface area contributed by atoms with Gasteiger partial charge in [0.25, 0.3) is 0 Å². The van der Waals surface area contributed by atoms with Crippen molar-refractivity contribution in [1.29, 1.82) is 0 Å². The summed E-state index contributed by atoms with van der Waals surface area (Å²) < 4.78 is 23.2. The largest absolute Gasteiger partial charge is 0.497 e. The summed E-state index contributed by atoms with van der Waals surface area (Å²) in [5.41, 5.74) is 2.37. The van der Waals surface area contributed by atoms with Crippen molar-refractivity contribution < 1.29 is 23.7 Å². The summed E-state index contributed by atoms with van der Waals surface area (Å²) in [6, 6.07) is 4.22. The van der Waals surface area contributed by atoms with Crippen LogP contribution in [-0.2, 0) is 21.3 Å². The maximum atomic E-state index is 12.6. The molecule has 4 atom stereocenters. The van der Waals surface area contributed by atoms with Gasteiger partial charge in [0.05, 0.1) is 26.2 Å². The van der Waals surface area contributed by atoms with Crippen molar-refractivity contribution in [2.75, 3.05) is 27.4 Å². The number of nitrogens with zero attached hydrogens (tertiary/aromatic N) is 1. The molecule has 0 aromatic heterocycles. The first-order valence-corrected chi connectivity index (χ1v) is 9.70. The number of benzene rings is 1. The predicted molar refractivity (Wildman–Crippen MR) is 98.1 cm³/mol. The number of amides is 1. The molecule has 1 fully saturated rings. The molecule has 1 spiro atoms. The third-order valence-corrected chi connectivity index (χ3v) is 6.89. The SMILES string of the molecule is CCOC(=O)N1CCC23c4c5ccc(OC)c4OC2C(OC)=CCC3C1C5. The van der Waals surface area contributed by atoms with Gasteiger partial charge in [0, 0.05) is 18.2 Å². The Morgan fingerprint density at radius 3 is 2.93 bits per heavy atom. The number of allylic oxidation sites excluding steroid dienone is 1. The highest BCUT2D eigenvalue weighted by Gasteiger charge is 2.65. The number of carbonyl (C=O) groups excluding carboxylic acids is 1. The Bertz CT molecular complexity index is 834. The van der Waals surface area contributed by atoms with Crippen LogP contribution in [0.15, 0.2) is 24.0 Å². The van der Waals surface area contributed by atoms with Gasteiger partial charge in [-0.3, -0.25) is 0 Å². The second-order valence-corrected chi connectivity index (χ2v) is 7.74. The van der Waals surface area contributed by atoms with E-state index in [1.165, 1.54) is 11.1 Å². The minimum absolute atomic E-state index is 0.116. The zero-order valence-electron chi connectivity index (χ0n) is 16.0. The van der Waals surface area contributed by atoms with E-state index in [1.54, 1.807) is 14.2 Å². The van der Waals surface area contributed by atoms with Crippen LogP contribution in [0.1, 0.15) is 30.9 Å². The maximum Gasteiger partial charge on any atom is 0.410 e. The highest BCUT2D eigenvalue weighted by atomic mass is 16.6. The molecule has 6 heteroatoms. The van der Waals surface area contributed by atoms with Gasteiger partial charge in [-0.05, 0) is 49.8 Å². The number of likely N-dealkylation sites (tertiary alicyclic amines) is 1. The molecule has 1 amide bonds. The fraction of sp³-hybridized carbons (Fsp3) is 0.571. The Balaban J connectivity index is 1.69. The first kappa shape index (κ1) is 16.8. The van der Waals surface area contributed by atoms with Crippen molar-refractivity contribution in [1.82, 2.24) is 4.90 Å². The summed E-state index contributed by atoms with van der Waals surface area (Å²) in [5, 5.41) is 0. The molecule has 0 N–H and O–H groups in total. The van der Waals surface area contributed by atoms with Gasteiger partial charge in [-0.2, -0.15) is 0 Å². The predicted octanol–water partition coefficient (Wildman–Crippen LogP) is 3.03. The summed E-state index contributed by atoms with van der Waals surface area (Å²) in [4.78, 5) is 14.5.